The molecule has 2 aromatic heterocycles. The SMILES string of the molecule is COCCn1cc(-c2nc3c(c(N4CCc5ccccc5C4)n2)CN(C#N)C3)cn1. The van der Waals surface area contributed by atoms with Gasteiger partial charge in [-0.3, -0.25) is 4.68 Å². The molecule has 0 spiro atoms. The van der Waals surface area contributed by atoms with E-state index in [9.17, 15) is 5.26 Å². The average molecular weight is 401 g/mol. The van der Waals surface area contributed by atoms with Gasteiger partial charge in [-0.25, -0.2) is 9.97 Å². The zero-order valence-corrected chi connectivity index (χ0v) is 17.0. The van der Waals surface area contributed by atoms with Crippen LogP contribution in [-0.2, 0) is 37.3 Å². The van der Waals surface area contributed by atoms with Crippen LogP contribution in [0.4, 0.5) is 5.82 Å². The molecule has 4 heterocycles. The van der Waals surface area contributed by atoms with Crippen molar-refractivity contribution >= 4 is 5.82 Å². The van der Waals surface area contributed by atoms with Crippen molar-refractivity contribution in [1.82, 2.24) is 24.6 Å². The van der Waals surface area contributed by atoms with Crippen molar-refractivity contribution < 1.29 is 4.74 Å². The highest BCUT2D eigenvalue weighted by Gasteiger charge is 2.29. The van der Waals surface area contributed by atoms with Gasteiger partial charge in [0.1, 0.15) is 5.82 Å². The summed E-state index contributed by atoms with van der Waals surface area (Å²) in [7, 11) is 1.68. The maximum atomic E-state index is 9.43. The van der Waals surface area contributed by atoms with Crippen LogP contribution in [0.3, 0.4) is 0 Å². The third-order valence-electron chi connectivity index (χ3n) is 5.75. The van der Waals surface area contributed by atoms with Gasteiger partial charge in [0.25, 0.3) is 0 Å². The minimum absolute atomic E-state index is 0.524. The molecule has 0 bridgehead atoms. The molecule has 0 saturated carbocycles. The highest BCUT2D eigenvalue weighted by Crippen LogP contribution is 2.33. The van der Waals surface area contributed by atoms with Gasteiger partial charge in [0.15, 0.2) is 12.0 Å². The fourth-order valence-electron chi connectivity index (χ4n) is 4.16. The molecule has 0 aliphatic carbocycles. The number of nitriles is 1. The maximum Gasteiger partial charge on any atom is 0.180 e. The van der Waals surface area contributed by atoms with Crippen molar-refractivity contribution in [3.8, 4) is 17.6 Å². The zero-order chi connectivity index (χ0) is 20.5. The molecule has 2 aliphatic rings. The molecule has 0 fully saturated rings. The summed E-state index contributed by atoms with van der Waals surface area (Å²) in [6.45, 7) is 4.09. The minimum Gasteiger partial charge on any atom is -0.383 e. The minimum atomic E-state index is 0.524. The first-order chi connectivity index (χ1) is 14.7. The Hall–Kier alpha value is -3.44. The molecule has 0 radical (unpaired) electrons. The van der Waals surface area contributed by atoms with E-state index in [1.165, 1.54) is 11.1 Å². The monoisotopic (exact) mass is 401 g/mol. The van der Waals surface area contributed by atoms with Crippen LogP contribution in [0.25, 0.3) is 11.4 Å². The van der Waals surface area contributed by atoms with E-state index in [-0.39, 0.29) is 0 Å². The van der Waals surface area contributed by atoms with Crippen LogP contribution in [-0.4, -0.2) is 44.9 Å². The van der Waals surface area contributed by atoms with E-state index >= 15 is 0 Å². The Morgan fingerprint density at radius 2 is 2.00 bits per heavy atom. The molecule has 2 aliphatic heterocycles. The van der Waals surface area contributed by atoms with Crippen molar-refractivity contribution in [2.24, 2.45) is 0 Å². The summed E-state index contributed by atoms with van der Waals surface area (Å²) in [6, 6.07) is 8.57. The van der Waals surface area contributed by atoms with Crippen LogP contribution in [0, 0.1) is 11.5 Å². The van der Waals surface area contributed by atoms with E-state index in [1.807, 2.05) is 10.9 Å². The molecule has 0 amide bonds. The van der Waals surface area contributed by atoms with Gasteiger partial charge in [-0.2, -0.15) is 10.4 Å². The second kappa shape index (κ2) is 7.76. The van der Waals surface area contributed by atoms with Gasteiger partial charge in [-0.15, -0.1) is 0 Å². The number of anilines is 1. The van der Waals surface area contributed by atoms with E-state index in [1.54, 1.807) is 18.2 Å². The Morgan fingerprint density at radius 3 is 2.83 bits per heavy atom. The van der Waals surface area contributed by atoms with Crippen molar-refractivity contribution in [1.29, 1.82) is 5.26 Å². The first-order valence-corrected chi connectivity index (χ1v) is 10.1. The van der Waals surface area contributed by atoms with E-state index in [4.69, 9.17) is 14.7 Å². The van der Waals surface area contributed by atoms with Gasteiger partial charge >= 0.3 is 0 Å². The number of aromatic nitrogens is 4. The molecule has 3 aromatic rings. The van der Waals surface area contributed by atoms with Crippen LogP contribution in [0.1, 0.15) is 22.4 Å². The first-order valence-electron chi connectivity index (χ1n) is 10.1. The van der Waals surface area contributed by atoms with Crippen molar-refractivity contribution in [3.05, 3.63) is 59.0 Å². The number of hydrogen-bond donors (Lipinski definition) is 0. The van der Waals surface area contributed by atoms with Crippen LogP contribution in [0.15, 0.2) is 36.7 Å². The van der Waals surface area contributed by atoms with Gasteiger partial charge in [0.05, 0.1) is 43.7 Å². The van der Waals surface area contributed by atoms with Gasteiger partial charge in [0.2, 0.25) is 0 Å². The Bertz CT molecular complexity index is 1120. The Kier molecular flexibility index (Phi) is 4.81. The molecule has 5 rings (SSSR count). The predicted octanol–water partition coefficient (Wildman–Crippen LogP) is 2.35. The van der Waals surface area contributed by atoms with Crippen LogP contribution in [0.5, 0.6) is 0 Å². The van der Waals surface area contributed by atoms with Gasteiger partial charge in [-0.1, -0.05) is 24.3 Å². The second-order valence-corrected chi connectivity index (χ2v) is 7.68. The Morgan fingerprint density at radius 1 is 1.13 bits per heavy atom. The zero-order valence-electron chi connectivity index (χ0n) is 17.0. The van der Waals surface area contributed by atoms with E-state index < -0.39 is 0 Å². The van der Waals surface area contributed by atoms with E-state index in [0.717, 1.165) is 42.1 Å². The molecule has 0 saturated heterocycles. The number of fused-ring (bicyclic) bond motifs is 2. The standard InChI is InChI=1S/C22H23N7O/c1-30-9-8-29-12-18(10-24-29)21-25-20-14-27(15-23)13-19(20)22(26-21)28-7-6-16-4-2-3-5-17(16)11-28/h2-5,10,12H,6-9,11,13-14H2,1H3. The lowest BCUT2D eigenvalue weighted by Gasteiger charge is -2.31. The fraction of sp³-hybridized carbons (Fsp3) is 0.364. The summed E-state index contributed by atoms with van der Waals surface area (Å²) in [4.78, 5) is 13.8. The maximum absolute atomic E-state index is 9.43. The molecule has 30 heavy (non-hydrogen) atoms. The van der Waals surface area contributed by atoms with Gasteiger partial charge in [-0.05, 0) is 17.5 Å². The molecule has 8 nitrogen and oxygen atoms in total. The van der Waals surface area contributed by atoms with Crippen LogP contribution < -0.4 is 4.90 Å². The summed E-state index contributed by atoms with van der Waals surface area (Å²) in [5.74, 6) is 1.60. The predicted molar refractivity (Wildman–Crippen MR) is 111 cm³/mol. The topological polar surface area (TPSA) is 83.1 Å². The summed E-state index contributed by atoms with van der Waals surface area (Å²) < 4.78 is 6.98. The van der Waals surface area contributed by atoms with E-state index in [2.05, 4.69) is 40.5 Å². The van der Waals surface area contributed by atoms with Crippen molar-refractivity contribution in [3.63, 3.8) is 0 Å². The highest BCUT2D eigenvalue weighted by atomic mass is 16.5. The number of rotatable bonds is 5. The molecule has 1 aromatic carbocycles. The quantitative estimate of drug-likeness (QED) is 0.607. The highest BCUT2D eigenvalue weighted by molar-refractivity contribution is 5.61. The van der Waals surface area contributed by atoms with Gasteiger partial charge < -0.3 is 14.5 Å². The molecule has 0 atom stereocenters. The summed E-state index contributed by atoms with van der Waals surface area (Å²) in [5.41, 5.74) is 5.60. The normalized spacial score (nSPS) is 15.1. The van der Waals surface area contributed by atoms with Gasteiger partial charge in [0, 0.05) is 32.0 Å². The summed E-state index contributed by atoms with van der Waals surface area (Å²) >= 11 is 0. The number of benzene rings is 1. The Balaban J connectivity index is 1.52. The molecule has 0 N–H and O–H groups in total. The van der Waals surface area contributed by atoms with E-state index in [0.29, 0.717) is 32.1 Å². The largest absolute Gasteiger partial charge is 0.383 e. The summed E-state index contributed by atoms with van der Waals surface area (Å²) in [5, 5.41) is 13.8. The van der Waals surface area contributed by atoms with Crippen LogP contribution in [0.2, 0.25) is 0 Å². The molecular weight excluding hydrogens is 378 g/mol. The lowest BCUT2D eigenvalue weighted by atomic mass is 9.99. The average Bonchev–Trinajstić information content (AvgIpc) is 3.43. The molecule has 152 valence electrons. The second-order valence-electron chi connectivity index (χ2n) is 7.68. The lowest BCUT2D eigenvalue weighted by molar-refractivity contribution is 0.183. The number of methoxy groups -OCH3 is 1. The van der Waals surface area contributed by atoms with Crippen molar-refractivity contribution in [2.75, 3.05) is 25.2 Å². The number of hydrogen-bond acceptors (Lipinski definition) is 7. The smallest absolute Gasteiger partial charge is 0.180 e. The lowest BCUT2D eigenvalue weighted by Crippen LogP contribution is -2.32. The Labute approximate surface area is 175 Å². The first kappa shape index (κ1) is 18.6. The number of ether oxygens (including phenoxy) is 1. The third kappa shape index (κ3) is 3.37. The fourth-order valence-corrected chi connectivity index (χ4v) is 4.16. The molecule has 0 unspecified atom stereocenters. The third-order valence-corrected chi connectivity index (χ3v) is 5.75. The molecule has 8 heteroatoms. The summed E-state index contributed by atoms with van der Waals surface area (Å²) in [6.07, 6.45) is 6.99. The van der Waals surface area contributed by atoms with Crippen molar-refractivity contribution in [2.45, 2.75) is 32.6 Å². The molecular formula is C22H23N7O. The van der Waals surface area contributed by atoms with Crippen LogP contribution >= 0.6 is 0 Å². The number of nitrogens with zero attached hydrogens (tertiary/aromatic N) is 7.